The molecular formula is C18H16O3. The van der Waals surface area contributed by atoms with E-state index in [0.717, 1.165) is 11.1 Å². The Bertz CT molecular complexity index is 643. The van der Waals surface area contributed by atoms with Crippen molar-refractivity contribution >= 4 is 23.4 Å². The number of carbonyl (C=O) groups excluding carboxylic acids is 2. The van der Waals surface area contributed by atoms with Crippen molar-refractivity contribution in [3.8, 4) is 0 Å². The summed E-state index contributed by atoms with van der Waals surface area (Å²) in [5, 5.41) is 0. The maximum atomic E-state index is 12.2. The summed E-state index contributed by atoms with van der Waals surface area (Å²) in [6.45, 7) is 1.17. The van der Waals surface area contributed by atoms with Crippen LogP contribution in [-0.4, -0.2) is 18.4 Å². The molecule has 2 rings (SSSR count). The molecule has 0 spiro atoms. The molecule has 21 heavy (non-hydrogen) atoms. The summed E-state index contributed by atoms with van der Waals surface area (Å²) >= 11 is 0. The largest absolute Gasteiger partial charge is 0.454 e. The smallest absolute Gasteiger partial charge is 0.339 e. The topological polar surface area (TPSA) is 43.4 Å². The van der Waals surface area contributed by atoms with Crippen molar-refractivity contribution in [3.05, 3.63) is 71.8 Å². The van der Waals surface area contributed by atoms with Gasteiger partial charge in [0, 0.05) is 0 Å². The summed E-state index contributed by atoms with van der Waals surface area (Å²) in [4.78, 5) is 23.2. The van der Waals surface area contributed by atoms with Crippen molar-refractivity contribution in [1.29, 1.82) is 0 Å². The average molecular weight is 280 g/mol. The van der Waals surface area contributed by atoms with Gasteiger partial charge in [-0.2, -0.15) is 0 Å². The third-order valence-corrected chi connectivity index (χ3v) is 2.82. The quantitative estimate of drug-likeness (QED) is 0.479. The van der Waals surface area contributed by atoms with Crippen LogP contribution in [0.4, 0.5) is 0 Å². The van der Waals surface area contributed by atoms with Crippen molar-refractivity contribution in [2.24, 2.45) is 0 Å². The number of rotatable bonds is 5. The van der Waals surface area contributed by atoms with Crippen LogP contribution in [0.5, 0.6) is 0 Å². The van der Waals surface area contributed by atoms with Gasteiger partial charge in [-0.25, -0.2) is 4.79 Å². The van der Waals surface area contributed by atoms with Crippen molar-refractivity contribution in [3.63, 3.8) is 0 Å². The molecule has 0 bridgehead atoms. The zero-order valence-electron chi connectivity index (χ0n) is 11.8. The van der Waals surface area contributed by atoms with Gasteiger partial charge in [0.2, 0.25) is 0 Å². The summed E-state index contributed by atoms with van der Waals surface area (Å²) in [5.41, 5.74) is 2.09. The van der Waals surface area contributed by atoms with Crippen molar-refractivity contribution in [1.82, 2.24) is 0 Å². The molecule has 2 aromatic rings. The number of esters is 1. The first-order chi connectivity index (χ1) is 10.2. The Morgan fingerprint density at radius 3 is 2.10 bits per heavy atom. The van der Waals surface area contributed by atoms with Gasteiger partial charge in [-0.1, -0.05) is 60.7 Å². The van der Waals surface area contributed by atoms with Crippen LogP contribution in [0, 0.1) is 0 Å². The predicted octanol–water partition coefficient (Wildman–Crippen LogP) is 3.36. The van der Waals surface area contributed by atoms with E-state index in [1.54, 1.807) is 6.08 Å². The number of carbonyl (C=O) groups is 2. The molecule has 0 N–H and O–H groups in total. The third kappa shape index (κ3) is 4.42. The third-order valence-electron chi connectivity index (χ3n) is 2.82. The fourth-order valence-corrected chi connectivity index (χ4v) is 1.84. The van der Waals surface area contributed by atoms with Gasteiger partial charge in [0.1, 0.15) is 6.61 Å². The highest BCUT2D eigenvalue weighted by Crippen LogP contribution is 2.19. The highest BCUT2D eigenvalue weighted by Gasteiger charge is 2.14. The summed E-state index contributed by atoms with van der Waals surface area (Å²) in [6, 6.07) is 18.8. The van der Waals surface area contributed by atoms with Crippen molar-refractivity contribution in [2.45, 2.75) is 6.92 Å². The zero-order chi connectivity index (χ0) is 15.1. The molecule has 0 saturated carbocycles. The number of benzene rings is 2. The minimum Gasteiger partial charge on any atom is -0.454 e. The fraction of sp³-hybridized carbons (Fsp3) is 0.111. The molecule has 0 fully saturated rings. The predicted molar refractivity (Wildman–Crippen MR) is 82.4 cm³/mol. The monoisotopic (exact) mass is 280 g/mol. The number of Topliss-reactive ketones (excluding diaryl/α,β-unsaturated/α-hetero) is 1. The van der Waals surface area contributed by atoms with Gasteiger partial charge >= 0.3 is 5.97 Å². The standard InChI is InChI=1S/C18H16O3/c1-14(19)13-21-18(20)17(16-10-6-3-7-11-16)12-15-8-4-2-5-9-15/h2-12H,13H2,1H3/b17-12+. The van der Waals surface area contributed by atoms with Gasteiger partial charge < -0.3 is 4.74 Å². The lowest BCUT2D eigenvalue weighted by atomic mass is 10.0. The first-order valence-corrected chi connectivity index (χ1v) is 6.65. The molecule has 0 aliphatic carbocycles. The van der Waals surface area contributed by atoms with E-state index >= 15 is 0 Å². The van der Waals surface area contributed by atoms with Crippen LogP contribution in [-0.2, 0) is 14.3 Å². The molecule has 0 radical (unpaired) electrons. The first kappa shape index (κ1) is 14.7. The average Bonchev–Trinajstić information content (AvgIpc) is 2.52. The Hall–Kier alpha value is -2.68. The number of hydrogen-bond acceptors (Lipinski definition) is 3. The number of hydrogen-bond donors (Lipinski definition) is 0. The van der Waals surface area contributed by atoms with Gasteiger partial charge in [-0.15, -0.1) is 0 Å². The van der Waals surface area contributed by atoms with Crippen LogP contribution in [0.2, 0.25) is 0 Å². The Labute approximate surface area is 123 Å². The van der Waals surface area contributed by atoms with Crippen LogP contribution < -0.4 is 0 Å². The first-order valence-electron chi connectivity index (χ1n) is 6.65. The van der Waals surface area contributed by atoms with Crippen molar-refractivity contribution < 1.29 is 14.3 Å². The lowest BCUT2D eigenvalue weighted by Crippen LogP contribution is -2.12. The molecule has 0 aliphatic rings. The molecule has 0 aliphatic heterocycles. The molecule has 0 amide bonds. The molecule has 0 aromatic heterocycles. The highest BCUT2D eigenvalue weighted by molar-refractivity contribution is 6.21. The maximum Gasteiger partial charge on any atom is 0.339 e. The van der Waals surface area contributed by atoms with E-state index in [9.17, 15) is 9.59 Å². The second-order valence-corrected chi connectivity index (χ2v) is 4.61. The second kappa shape index (κ2) is 7.20. The summed E-state index contributed by atoms with van der Waals surface area (Å²) in [6.07, 6.45) is 1.76. The van der Waals surface area contributed by atoms with Crippen LogP contribution in [0.1, 0.15) is 18.1 Å². The molecule has 3 nitrogen and oxygen atoms in total. The van der Waals surface area contributed by atoms with Crippen LogP contribution >= 0.6 is 0 Å². The lowest BCUT2D eigenvalue weighted by molar-refractivity contribution is -0.141. The molecule has 0 atom stereocenters. The molecule has 0 unspecified atom stereocenters. The minimum absolute atomic E-state index is 0.185. The van der Waals surface area contributed by atoms with Gasteiger partial charge in [-0.05, 0) is 24.1 Å². The Kier molecular flexibility index (Phi) is 5.04. The summed E-state index contributed by atoms with van der Waals surface area (Å²) in [5.74, 6) is -0.685. The van der Waals surface area contributed by atoms with Crippen LogP contribution in [0.15, 0.2) is 60.7 Å². The zero-order valence-corrected chi connectivity index (χ0v) is 11.8. The van der Waals surface area contributed by atoms with E-state index < -0.39 is 5.97 Å². The van der Waals surface area contributed by atoms with Gasteiger partial charge in [-0.3, -0.25) is 4.79 Å². The molecule has 0 heterocycles. The van der Waals surface area contributed by atoms with Crippen molar-refractivity contribution in [2.75, 3.05) is 6.61 Å². The molecule has 3 heteroatoms. The van der Waals surface area contributed by atoms with E-state index in [-0.39, 0.29) is 12.4 Å². The second-order valence-electron chi connectivity index (χ2n) is 4.61. The number of ether oxygens (including phenoxy) is 1. The minimum atomic E-state index is -0.500. The normalized spacial score (nSPS) is 11.0. The lowest BCUT2D eigenvalue weighted by Gasteiger charge is -2.08. The van der Waals surface area contributed by atoms with Gasteiger partial charge in [0.05, 0.1) is 5.57 Å². The Morgan fingerprint density at radius 2 is 1.52 bits per heavy atom. The number of ketones is 1. The molecular weight excluding hydrogens is 264 g/mol. The van der Waals surface area contributed by atoms with E-state index in [1.807, 2.05) is 60.7 Å². The van der Waals surface area contributed by atoms with E-state index in [2.05, 4.69) is 0 Å². The molecule has 0 saturated heterocycles. The van der Waals surface area contributed by atoms with Crippen LogP contribution in [0.3, 0.4) is 0 Å². The highest BCUT2D eigenvalue weighted by atomic mass is 16.5. The van der Waals surface area contributed by atoms with Crippen LogP contribution in [0.25, 0.3) is 11.6 Å². The maximum absolute atomic E-state index is 12.2. The SMILES string of the molecule is CC(=O)COC(=O)/C(=C/c1ccccc1)c1ccccc1. The fourth-order valence-electron chi connectivity index (χ4n) is 1.84. The summed E-state index contributed by atoms with van der Waals surface area (Å²) in [7, 11) is 0. The van der Waals surface area contributed by atoms with E-state index in [0.29, 0.717) is 5.57 Å². The van der Waals surface area contributed by atoms with Gasteiger partial charge in [0.15, 0.2) is 5.78 Å². The van der Waals surface area contributed by atoms with E-state index in [1.165, 1.54) is 6.92 Å². The van der Waals surface area contributed by atoms with E-state index in [4.69, 9.17) is 4.74 Å². The Balaban J connectivity index is 2.33. The summed E-state index contributed by atoms with van der Waals surface area (Å²) < 4.78 is 5.04. The molecule has 2 aromatic carbocycles. The Morgan fingerprint density at radius 1 is 0.952 bits per heavy atom. The van der Waals surface area contributed by atoms with Gasteiger partial charge in [0.25, 0.3) is 0 Å². The molecule has 106 valence electrons.